The fourth-order valence-corrected chi connectivity index (χ4v) is 3.80. The molecule has 0 radical (unpaired) electrons. The van der Waals surface area contributed by atoms with Crippen LogP contribution in [0.2, 0.25) is 5.02 Å². The molecule has 0 unspecified atom stereocenters. The highest BCUT2D eigenvalue weighted by Gasteiger charge is 2.21. The Balaban J connectivity index is 1.72. The Labute approximate surface area is 208 Å². The molecule has 0 aliphatic rings. The SMILES string of the molecule is Cc1cccc(COc2cc(C)n(-c3cc(-c4ccnc(C(C)(C)O)n4)ncc3C)c(=O)c2Cl)n1. The molecule has 0 atom stereocenters. The number of halogens is 1. The molecule has 1 N–H and O–H groups in total. The van der Waals surface area contributed by atoms with E-state index in [2.05, 4.69) is 19.9 Å². The van der Waals surface area contributed by atoms with Crippen molar-refractivity contribution < 1.29 is 9.84 Å². The van der Waals surface area contributed by atoms with E-state index in [1.54, 1.807) is 44.4 Å². The van der Waals surface area contributed by atoms with Crippen molar-refractivity contribution >= 4 is 11.6 Å². The Bertz CT molecular complexity index is 1460. The minimum atomic E-state index is -1.20. The third kappa shape index (κ3) is 5.23. The van der Waals surface area contributed by atoms with E-state index in [1.165, 1.54) is 4.57 Å². The first kappa shape index (κ1) is 24.5. The number of aromatic nitrogens is 5. The quantitative estimate of drug-likeness (QED) is 0.424. The van der Waals surface area contributed by atoms with Gasteiger partial charge in [-0.05, 0) is 64.4 Å². The molecule has 35 heavy (non-hydrogen) atoms. The standard InChI is InChI=1S/C26H26ClN5O3/c1-15-13-29-20(19-9-10-28-25(31-19)26(4,5)34)12-21(15)32-17(3)11-22(23(27)24(32)33)35-14-18-8-6-7-16(2)30-18/h6-13,34H,14H2,1-5H3. The molecule has 0 spiro atoms. The highest BCUT2D eigenvalue weighted by Crippen LogP contribution is 2.27. The topological polar surface area (TPSA) is 103 Å². The summed E-state index contributed by atoms with van der Waals surface area (Å²) < 4.78 is 7.36. The van der Waals surface area contributed by atoms with Crippen molar-refractivity contribution in [2.24, 2.45) is 0 Å². The summed E-state index contributed by atoms with van der Waals surface area (Å²) in [6.07, 6.45) is 3.24. The maximum Gasteiger partial charge on any atom is 0.277 e. The molecule has 0 amide bonds. The zero-order chi connectivity index (χ0) is 25.3. The van der Waals surface area contributed by atoms with Crippen LogP contribution >= 0.6 is 11.6 Å². The lowest BCUT2D eigenvalue weighted by Crippen LogP contribution is -2.23. The highest BCUT2D eigenvalue weighted by molar-refractivity contribution is 6.31. The molecule has 4 rings (SSSR count). The van der Waals surface area contributed by atoms with Crippen molar-refractivity contribution in [1.29, 1.82) is 0 Å². The number of hydrogen-bond acceptors (Lipinski definition) is 7. The molecule has 4 heterocycles. The van der Waals surface area contributed by atoms with Crippen molar-refractivity contribution in [3.05, 3.63) is 92.6 Å². The molecule has 0 bridgehead atoms. The second-order valence-electron chi connectivity index (χ2n) is 8.84. The molecule has 0 saturated carbocycles. The van der Waals surface area contributed by atoms with Gasteiger partial charge < -0.3 is 9.84 Å². The minimum Gasteiger partial charge on any atom is -0.485 e. The second kappa shape index (κ2) is 9.56. The Morgan fingerprint density at radius 3 is 2.54 bits per heavy atom. The predicted octanol–water partition coefficient (Wildman–Crippen LogP) is 4.47. The molecule has 0 saturated heterocycles. The van der Waals surface area contributed by atoms with E-state index in [-0.39, 0.29) is 17.5 Å². The Morgan fingerprint density at radius 1 is 1.06 bits per heavy atom. The molecular formula is C26H26ClN5O3. The van der Waals surface area contributed by atoms with Gasteiger partial charge >= 0.3 is 0 Å². The summed E-state index contributed by atoms with van der Waals surface area (Å²) in [7, 11) is 0. The smallest absolute Gasteiger partial charge is 0.277 e. The molecule has 0 aliphatic carbocycles. The number of nitrogens with zero attached hydrogens (tertiary/aromatic N) is 5. The summed E-state index contributed by atoms with van der Waals surface area (Å²) in [4.78, 5) is 30.8. The van der Waals surface area contributed by atoms with Gasteiger partial charge in [0.2, 0.25) is 0 Å². The van der Waals surface area contributed by atoms with E-state index >= 15 is 0 Å². The van der Waals surface area contributed by atoms with E-state index < -0.39 is 11.2 Å². The van der Waals surface area contributed by atoms with Gasteiger partial charge in [0.15, 0.2) is 5.82 Å². The number of aryl methyl sites for hydroxylation is 3. The first-order valence-corrected chi connectivity index (χ1v) is 11.4. The molecule has 0 fully saturated rings. The Kier molecular flexibility index (Phi) is 6.69. The number of hydrogen-bond donors (Lipinski definition) is 1. The van der Waals surface area contributed by atoms with Crippen molar-refractivity contribution in [1.82, 2.24) is 24.5 Å². The Hall–Kier alpha value is -3.62. The second-order valence-corrected chi connectivity index (χ2v) is 9.22. The van der Waals surface area contributed by atoms with Crippen LogP contribution < -0.4 is 10.3 Å². The molecule has 0 aliphatic heterocycles. The monoisotopic (exact) mass is 491 g/mol. The Morgan fingerprint density at radius 2 is 1.83 bits per heavy atom. The normalized spacial score (nSPS) is 11.5. The molecule has 180 valence electrons. The van der Waals surface area contributed by atoms with Crippen LogP contribution in [-0.2, 0) is 12.2 Å². The van der Waals surface area contributed by atoms with Gasteiger partial charge in [0, 0.05) is 29.8 Å². The van der Waals surface area contributed by atoms with Gasteiger partial charge in [0.25, 0.3) is 5.56 Å². The summed E-state index contributed by atoms with van der Waals surface area (Å²) in [5.74, 6) is 0.575. The average molecular weight is 492 g/mol. The summed E-state index contributed by atoms with van der Waals surface area (Å²) >= 11 is 6.46. The van der Waals surface area contributed by atoms with Crippen molar-refractivity contribution in [3.8, 4) is 22.8 Å². The number of aliphatic hydroxyl groups is 1. The average Bonchev–Trinajstić information content (AvgIpc) is 2.81. The van der Waals surface area contributed by atoms with E-state index in [9.17, 15) is 9.90 Å². The lowest BCUT2D eigenvalue weighted by Gasteiger charge is -2.17. The van der Waals surface area contributed by atoms with Crippen LogP contribution in [0.4, 0.5) is 0 Å². The minimum absolute atomic E-state index is 0.0210. The molecular weight excluding hydrogens is 466 g/mol. The van der Waals surface area contributed by atoms with E-state index in [4.69, 9.17) is 16.3 Å². The van der Waals surface area contributed by atoms with Crippen LogP contribution in [0.1, 0.15) is 42.3 Å². The van der Waals surface area contributed by atoms with Crippen molar-refractivity contribution in [2.75, 3.05) is 0 Å². The number of pyridine rings is 3. The summed E-state index contributed by atoms with van der Waals surface area (Å²) in [6, 6.07) is 10.9. The fraction of sp³-hybridized carbons (Fsp3) is 0.269. The maximum atomic E-state index is 13.3. The van der Waals surface area contributed by atoms with Crippen LogP contribution in [-0.4, -0.2) is 29.6 Å². The van der Waals surface area contributed by atoms with Gasteiger partial charge in [-0.3, -0.25) is 19.3 Å². The van der Waals surface area contributed by atoms with Gasteiger partial charge in [0.1, 0.15) is 23.0 Å². The van der Waals surface area contributed by atoms with Crippen LogP contribution in [0.15, 0.2) is 53.6 Å². The molecule has 4 aromatic rings. The molecule has 9 heteroatoms. The summed E-state index contributed by atoms with van der Waals surface area (Å²) in [5.41, 5.74) is 3.13. The van der Waals surface area contributed by atoms with E-state index in [0.717, 1.165) is 17.0 Å². The van der Waals surface area contributed by atoms with Crippen LogP contribution in [0.25, 0.3) is 17.1 Å². The lowest BCUT2D eigenvalue weighted by atomic mass is 10.1. The van der Waals surface area contributed by atoms with Gasteiger partial charge in [0.05, 0.1) is 22.8 Å². The van der Waals surface area contributed by atoms with E-state index in [1.807, 2.05) is 39.0 Å². The fourth-order valence-electron chi connectivity index (χ4n) is 3.61. The van der Waals surface area contributed by atoms with Gasteiger partial charge in [-0.25, -0.2) is 9.97 Å². The lowest BCUT2D eigenvalue weighted by molar-refractivity contribution is 0.0688. The molecule has 0 aromatic carbocycles. The van der Waals surface area contributed by atoms with E-state index in [0.29, 0.717) is 28.5 Å². The summed E-state index contributed by atoms with van der Waals surface area (Å²) in [5, 5.41) is 10.3. The zero-order valence-corrected chi connectivity index (χ0v) is 21.0. The van der Waals surface area contributed by atoms with Crippen LogP contribution in [0, 0.1) is 20.8 Å². The summed E-state index contributed by atoms with van der Waals surface area (Å²) in [6.45, 7) is 9.00. The maximum absolute atomic E-state index is 13.3. The van der Waals surface area contributed by atoms with Gasteiger partial charge in [-0.15, -0.1) is 0 Å². The highest BCUT2D eigenvalue weighted by atomic mass is 35.5. The molecule has 4 aromatic heterocycles. The van der Waals surface area contributed by atoms with Crippen molar-refractivity contribution in [3.63, 3.8) is 0 Å². The van der Waals surface area contributed by atoms with Gasteiger partial charge in [-0.1, -0.05) is 17.7 Å². The molecule has 8 nitrogen and oxygen atoms in total. The van der Waals surface area contributed by atoms with Gasteiger partial charge in [-0.2, -0.15) is 0 Å². The third-order valence-electron chi connectivity index (χ3n) is 5.40. The van der Waals surface area contributed by atoms with Crippen LogP contribution in [0.3, 0.4) is 0 Å². The largest absolute Gasteiger partial charge is 0.485 e. The van der Waals surface area contributed by atoms with Crippen molar-refractivity contribution in [2.45, 2.75) is 46.8 Å². The first-order chi connectivity index (χ1) is 16.5. The first-order valence-electron chi connectivity index (χ1n) is 11.1. The zero-order valence-electron chi connectivity index (χ0n) is 20.2. The van der Waals surface area contributed by atoms with Crippen LogP contribution in [0.5, 0.6) is 5.75 Å². The number of rotatable bonds is 6. The number of ether oxygens (including phenoxy) is 1. The third-order valence-corrected chi connectivity index (χ3v) is 5.75. The predicted molar refractivity (Wildman–Crippen MR) is 134 cm³/mol.